The van der Waals surface area contributed by atoms with Crippen LogP contribution in [0.1, 0.15) is 5.56 Å². The van der Waals surface area contributed by atoms with Crippen molar-refractivity contribution < 1.29 is 13.2 Å². The predicted molar refractivity (Wildman–Crippen MR) is 75.2 cm³/mol. The number of nitrogens with zero attached hydrogens (tertiary/aromatic N) is 1. The predicted octanol–water partition coefficient (Wildman–Crippen LogP) is -0.364. The quantitative estimate of drug-likeness (QED) is 0.642. The SMILES string of the molecule is O=C1NCCN1CCNS(=O)(=O)NCc1ccccc1. The summed E-state index contributed by atoms with van der Waals surface area (Å²) < 4.78 is 28.3. The Balaban J connectivity index is 1.72. The van der Waals surface area contributed by atoms with Crippen LogP contribution in [0.15, 0.2) is 30.3 Å². The van der Waals surface area contributed by atoms with Gasteiger partial charge in [0.25, 0.3) is 10.2 Å². The summed E-state index contributed by atoms with van der Waals surface area (Å²) in [5.74, 6) is 0. The zero-order valence-corrected chi connectivity index (χ0v) is 11.8. The zero-order valence-electron chi connectivity index (χ0n) is 11.0. The van der Waals surface area contributed by atoms with Gasteiger partial charge in [-0.25, -0.2) is 9.52 Å². The Morgan fingerprint density at radius 2 is 1.95 bits per heavy atom. The molecule has 0 spiro atoms. The van der Waals surface area contributed by atoms with Gasteiger partial charge in [0.2, 0.25) is 0 Å². The molecule has 3 N–H and O–H groups in total. The average molecular weight is 298 g/mol. The lowest BCUT2D eigenvalue weighted by atomic mass is 10.2. The number of rotatable bonds is 7. The molecule has 0 aromatic heterocycles. The fraction of sp³-hybridized carbons (Fsp3) is 0.417. The number of hydrogen-bond acceptors (Lipinski definition) is 3. The molecule has 20 heavy (non-hydrogen) atoms. The van der Waals surface area contributed by atoms with Crippen molar-refractivity contribution in [3.63, 3.8) is 0 Å². The normalized spacial score (nSPS) is 15.4. The van der Waals surface area contributed by atoms with Crippen molar-refractivity contribution in [3.8, 4) is 0 Å². The van der Waals surface area contributed by atoms with Crippen molar-refractivity contribution in [1.82, 2.24) is 19.7 Å². The first kappa shape index (κ1) is 14.8. The summed E-state index contributed by atoms with van der Waals surface area (Å²) in [6, 6.07) is 9.11. The number of carbonyl (C=O) groups excluding carboxylic acids is 1. The first-order chi connectivity index (χ1) is 9.57. The molecule has 1 heterocycles. The maximum Gasteiger partial charge on any atom is 0.317 e. The Kier molecular flexibility index (Phi) is 4.94. The number of carbonyl (C=O) groups is 1. The fourth-order valence-electron chi connectivity index (χ4n) is 1.86. The molecule has 2 amide bonds. The number of benzene rings is 1. The summed E-state index contributed by atoms with van der Waals surface area (Å²) >= 11 is 0. The highest BCUT2D eigenvalue weighted by atomic mass is 32.2. The van der Waals surface area contributed by atoms with Gasteiger partial charge in [-0.3, -0.25) is 0 Å². The second kappa shape index (κ2) is 6.69. The molecule has 0 aliphatic carbocycles. The highest BCUT2D eigenvalue weighted by molar-refractivity contribution is 7.87. The second-order valence-corrected chi connectivity index (χ2v) is 6.01. The number of nitrogens with one attached hydrogen (secondary N) is 3. The first-order valence-electron chi connectivity index (χ1n) is 6.38. The largest absolute Gasteiger partial charge is 0.336 e. The van der Waals surface area contributed by atoms with Gasteiger partial charge in [-0.2, -0.15) is 13.1 Å². The van der Waals surface area contributed by atoms with Crippen molar-refractivity contribution in [3.05, 3.63) is 35.9 Å². The Bertz CT molecular complexity index is 547. The van der Waals surface area contributed by atoms with E-state index in [1.165, 1.54) is 0 Å². The third-order valence-electron chi connectivity index (χ3n) is 2.93. The van der Waals surface area contributed by atoms with Gasteiger partial charge in [0.1, 0.15) is 0 Å². The van der Waals surface area contributed by atoms with Crippen molar-refractivity contribution in [2.45, 2.75) is 6.54 Å². The molecule has 1 aromatic rings. The summed E-state index contributed by atoms with van der Waals surface area (Å²) in [5.41, 5.74) is 0.886. The second-order valence-electron chi connectivity index (χ2n) is 4.42. The third-order valence-corrected chi connectivity index (χ3v) is 4.04. The van der Waals surface area contributed by atoms with Crippen LogP contribution < -0.4 is 14.8 Å². The minimum atomic E-state index is -3.55. The minimum Gasteiger partial charge on any atom is -0.336 e. The molecule has 1 aromatic carbocycles. The molecule has 1 fully saturated rings. The van der Waals surface area contributed by atoms with Crippen molar-refractivity contribution in [1.29, 1.82) is 0 Å². The molecule has 8 heteroatoms. The molecule has 1 aliphatic rings. The first-order valence-corrected chi connectivity index (χ1v) is 7.86. The fourth-order valence-corrected chi connectivity index (χ4v) is 2.68. The van der Waals surface area contributed by atoms with Crippen LogP contribution in [0, 0.1) is 0 Å². The van der Waals surface area contributed by atoms with Gasteiger partial charge in [-0.15, -0.1) is 0 Å². The van der Waals surface area contributed by atoms with E-state index in [4.69, 9.17) is 0 Å². The van der Waals surface area contributed by atoms with Gasteiger partial charge < -0.3 is 10.2 Å². The third kappa shape index (κ3) is 4.48. The van der Waals surface area contributed by atoms with E-state index < -0.39 is 10.2 Å². The van der Waals surface area contributed by atoms with Crippen LogP contribution >= 0.6 is 0 Å². The van der Waals surface area contributed by atoms with Gasteiger partial charge >= 0.3 is 6.03 Å². The summed E-state index contributed by atoms with van der Waals surface area (Å²) in [5, 5.41) is 2.66. The van der Waals surface area contributed by atoms with E-state index in [0.717, 1.165) is 5.56 Å². The van der Waals surface area contributed by atoms with Crippen molar-refractivity contribution in [2.24, 2.45) is 0 Å². The topological polar surface area (TPSA) is 90.5 Å². The van der Waals surface area contributed by atoms with E-state index in [1.54, 1.807) is 4.90 Å². The van der Waals surface area contributed by atoms with Gasteiger partial charge in [0.15, 0.2) is 0 Å². The van der Waals surface area contributed by atoms with E-state index in [9.17, 15) is 13.2 Å². The van der Waals surface area contributed by atoms with Crippen LogP contribution in [0.25, 0.3) is 0 Å². The molecular formula is C12H18N4O3S. The number of amides is 2. The average Bonchev–Trinajstić information content (AvgIpc) is 2.83. The summed E-state index contributed by atoms with van der Waals surface area (Å²) in [4.78, 5) is 12.8. The van der Waals surface area contributed by atoms with Crippen LogP contribution in [0.5, 0.6) is 0 Å². The molecule has 110 valence electrons. The molecule has 1 saturated heterocycles. The Morgan fingerprint density at radius 1 is 1.20 bits per heavy atom. The summed E-state index contributed by atoms with van der Waals surface area (Å²) in [6.07, 6.45) is 0. The number of hydrogen-bond donors (Lipinski definition) is 3. The zero-order chi connectivity index (χ0) is 14.4. The smallest absolute Gasteiger partial charge is 0.317 e. The molecular weight excluding hydrogens is 280 g/mol. The molecule has 0 saturated carbocycles. The van der Waals surface area contributed by atoms with Gasteiger partial charge in [-0.1, -0.05) is 30.3 Å². The lowest BCUT2D eigenvalue weighted by Gasteiger charge is -2.14. The highest BCUT2D eigenvalue weighted by Crippen LogP contribution is 1.98. The maximum atomic E-state index is 11.7. The molecule has 0 bridgehead atoms. The monoisotopic (exact) mass is 298 g/mol. The molecule has 0 radical (unpaired) electrons. The molecule has 2 rings (SSSR count). The lowest BCUT2D eigenvalue weighted by Crippen LogP contribution is -2.41. The van der Waals surface area contributed by atoms with Crippen LogP contribution in [-0.4, -0.2) is 45.5 Å². The van der Waals surface area contributed by atoms with Crippen LogP contribution in [0.2, 0.25) is 0 Å². The standard InChI is InChI=1S/C12H18N4O3S/c17-12-13-6-8-16(12)9-7-14-20(18,19)15-10-11-4-2-1-3-5-11/h1-5,14-15H,6-10H2,(H,13,17). The Labute approximate surface area is 118 Å². The lowest BCUT2D eigenvalue weighted by molar-refractivity contribution is 0.218. The van der Waals surface area contributed by atoms with Crippen molar-refractivity contribution >= 4 is 16.2 Å². The maximum absolute atomic E-state index is 11.7. The minimum absolute atomic E-state index is 0.151. The van der Waals surface area contributed by atoms with E-state index in [-0.39, 0.29) is 19.1 Å². The molecule has 1 aliphatic heterocycles. The molecule has 7 nitrogen and oxygen atoms in total. The van der Waals surface area contributed by atoms with E-state index >= 15 is 0 Å². The summed E-state index contributed by atoms with van der Waals surface area (Å²) in [6.45, 7) is 2.01. The van der Waals surface area contributed by atoms with Crippen LogP contribution in [0.3, 0.4) is 0 Å². The van der Waals surface area contributed by atoms with E-state index in [2.05, 4.69) is 14.8 Å². The molecule has 0 unspecified atom stereocenters. The van der Waals surface area contributed by atoms with E-state index in [0.29, 0.717) is 19.6 Å². The molecule has 0 atom stereocenters. The summed E-state index contributed by atoms with van der Waals surface area (Å²) in [7, 11) is -3.55. The van der Waals surface area contributed by atoms with Gasteiger partial charge in [0, 0.05) is 32.7 Å². The highest BCUT2D eigenvalue weighted by Gasteiger charge is 2.19. The number of urea groups is 1. The van der Waals surface area contributed by atoms with Crippen LogP contribution in [-0.2, 0) is 16.8 Å². The van der Waals surface area contributed by atoms with Crippen molar-refractivity contribution in [2.75, 3.05) is 26.2 Å². The van der Waals surface area contributed by atoms with E-state index in [1.807, 2.05) is 30.3 Å². The van der Waals surface area contributed by atoms with Gasteiger partial charge in [0.05, 0.1) is 0 Å². The van der Waals surface area contributed by atoms with Gasteiger partial charge in [-0.05, 0) is 5.56 Å². The Morgan fingerprint density at radius 3 is 2.60 bits per heavy atom. The van der Waals surface area contributed by atoms with Crippen LogP contribution in [0.4, 0.5) is 4.79 Å². The Hall–Kier alpha value is -1.64.